The van der Waals surface area contributed by atoms with Gasteiger partial charge in [0.05, 0.1) is 31.7 Å². The van der Waals surface area contributed by atoms with Crippen LogP contribution >= 0.6 is 0 Å². The second-order valence-corrected chi connectivity index (χ2v) is 10.1. The predicted molar refractivity (Wildman–Crippen MR) is 154 cm³/mol. The number of fused-ring (bicyclic) bond motifs is 4. The summed E-state index contributed by atoms with van der Waals surface area (Å²) in [5, 5.41) is 4.65. The van der Waals surface area contributed by atoms with Gasteiger partial charge in [-0.3, -0.25) is 14.6 Å². The Labute approximate surface area is 232 Å². The van der Waals surface area contributed by atoms with E-state index in [1.54, 1.807) is 12.3 Å². The van der Waals surface area contributed by atoms with E-state index in [0.717, 1.165) is 57.3 Å². The van der Waals surface area contributed by atoms with Crippen LogP contribution in [0.25, 0.3) is 16.5 Å². The van der Waals surface area contributed by atoms with E-state index >= 15 is 0 Å². The Balaban J connectivity index is 1.25. The number of aromatic nitrogens is 1. The van der Waals surface area contributed by atoms with Crippen LogP contribution in [0.2, 0.25) is 0 Å². The van der Waals surface area contributed by atoms with Crippen molar-refractivity contribution in [1.82, 2.24) is 4.98 Å². The van der Waals surface area contributed by atoms with E-state index in [9.17, 15) is 9.59 Å². The van der Waals surface area contributed by atoms with Gasteiger partial charge in [0.25, 0.3) is 0 Å². The number of hydrogen-bond donors (Lipinski definition) is 1. The molecule has 7 nitrogen and oxygen atoms in total. The highest BCUT2D eigenvalue weighted by molar-refractivity contribution is 6.12. The molecule has 0 radical (unpaired) electrons. The summed E-state index contributed by atoms with van der Waals surface area (Å²) in [7, 11) is 1.54. The Hall–Kier alpha value is -4.65. The molecule has 1 N–H and O–H groups in total. The molecule has 0 fully saturated rings. The van der Waals surface area contributed by atoms with Gasteiger partial charge in [-0.05, 0) is 73.4 Å². The second kappa shape index (κ2) is 10.8. The number of nitrogens with zero attached hydrogens (tertiary/aromatic N) is 1. The predicted octanol–water partition coefficient (Wildman–Crippen LogP) is 6.60. The fourth-order valence-corrected chi connectivity index (χ4v) is 5.54. The lowest BCUT2D eigenvalue weighted by atomic mass is 9.77. The number of methoxy groups -OCH3 is 1. The van der Waals surface area contributed by atoms with Crippen LogP contribution in [0.3, 0.4) is 0 Å². The lowest BCUT2D eigenvalue weighted by molar-refractivity contribution is -0.135. The molecule has 1 atom stereocenters. The van der Waals surface area contributed by atoms with Crippen LogP contribution < -0.4 is 19.5 Å². The number of hydrogen-bond acceptors (Lipinski definition) is 7. The zero-order chi connectivity index (χ0) is 27.6. The molecule has 7 heteroatoms. The largest absolute Gasteiger partial charge is 0.493 e. The van der Waals surface area contributed by atoms with Gasteiger partial charge in [0, 0.05) is 34.8 Å². The number of ether oxygens (including phenoxy) is 3. The van der Waals surface area contributed by atoms with E-state index in [0.29, 0.717) is 23.7 Å². The molecular formula is C33H30N2O5. The zero-order valence-corrected chi connectivity index (χ0v) is 22.5. The molecule has 4 aromatic rings. The third-order valence-corrected chi connectivity index (χ3v) is 7.47. The first-order valence-corrected chi connectivity index (χ1v) is 13.5. The minimum atomic E-state index is -0.421. The molecule has 3 aromatic carbocycles. The van der Waals surface area contributed by atoms with E-state index < -0.39 is 5.97 Å². The number of ketones is 1. The Bertz CT molecular complexity index is 1640. The van der Waals surface area contributed by atoms with Gasteiger partial charge in [-0.2, -0.15) is 0 Å². The van der Waals surface area contributed by atoms with Gasteiger partial charge < -0.3 is 19.5 Å². The van der Waals surface area contributed by atoms with Crippen molar-refractivity contribution in [3.05, 3.63) is 95.2 Å². The van der Waals surface area contributed by atoms with E-state index in [1.807, 2.05) is 61.5 Å². The number of carbonyl (C=O) groups is 2. The smallest absolute Gasteiger partial charge is 0.314 e. The topological polar surface area (TPSA) is 86.8 Å². The number of rotatable bonds is 7. The summed E-state index contributed by atoms with van der Waals surface area (Å²) in [5.74, 6) is 1.18. The number of anilines is 1. The number of nitrogens with one attached hydrogen (secondary N) is 1. The van der Waals surface area contributed by atoms with Gasteiger partial charge in [-0.1, -0.05) is 29.8 Å². The number of benzene rings is 3. The summed E-state index contributed by atoms with van der Waals surface area (Å²) in [6.45, 7) is 2.21. The molecule has 1 unspecified atom stereocenters. The third kappa shape index (κ3) is 4.91. The van der Waals surface area contributed by atoms with Crippen molar-refractivity contribution in [2.75, 3.05) is 19.0 Å². The monoisotopic (exact) mass is 534 g/mol. The van der Waals surface area contributed by atoms with Gasteiger partial charge in [-0.25, -0.2) is 0 Å². The van der Waals surface area contributed by atoms with E-state index in [2.05, 4.69) is 16.4 Å². The molecular weight excluding hydrogens is 504 g/mol. The first kappa shape index (κ1) is 25.6. The molecule has 1 aliphatic carbocycles. The van der Waals surface area contributed by atoms with Crippen molar-refractivity contribution in [1.29, 1.82) is 0 Å². The third-order valence-electron chi connectivity index (χ3n) is 7.47. The number of aryl methyl sites for hydroxylation is 1. The maximum absolute atomic E-state index is 13.3. The standard InChI is InChI=1S/C33H30N2O5/c1-20-8-11-22(12-9-20)39-18-16-30(37)40-28-15-10-21(19-29(28)38-2)33-32-24(5-3-7-27(32)36)31-23-6-4-17-34-25(23)13-14-26(31)35-33/h4,6,8-15,17,19,33,35H,3,5,7,16,18H2,1-2H3. The van der Waals surface area contributed by atoms with Crippen molar-refractivity contribution in [2.45, 2.75) is 38.6 Å². The van der Waals surface area contributed by atoms with Crippen molar-refractivity contribution >= 4 is 33.9 Å². The molecule has 0 saturated heterocycles. The van der Waals surface area contributed by atoms with Crippen LogP contribution in [-0.2, 0) is 9.59 Å². The summed E-state index contributed by atoms with van der Waals surface area (Å²) in [4.78, 5) is 30.4. The van der Waals surface area contributed by atoms with Crippen LogP contribution in [0.15, 0.2) is 78.5 Å². The summed E-state index contributed by atoms with van der Waals surface area (Å²) in [6, 6.07) is 20.8. The minimum Gasteiger partial charge on any atom is -0.493 e. The second-order valence-electron chi connectivity index (χ2n) is 10.1. The zero-order valence-electron chi connectivity index (χ0n) is 22.5. The van der Waals surface area contributed by atoms with Crippen molar-refractivity contribution in [3.8, 4) is 17.2 Å². The molecule has 0 bridgehead atoms. The highest BCUT2D eigenvalue weighted by Crippen LogP contribution is 2.48. The molecule has 0 spiro atoms. The molecule has 6 rings (SSSR count). The molecule has 40 heavy (non-hydrogen) atoms. The Morgan fingerprint density at radius 3 is 2.70 bits per heavy atom. The normalized spacial score (nSPS) is 16.1. The molecule has 1 aliphatic heterocycles. The first-order chi connectivity index (χ1) is 19.5. The SMILES string of the molecule is COc1cc(C2Nc3ccc4ncccc4c3C3=C2C(=O)CCC3)ccc1OC(=O)CCOc1ccc(C)cc1. The molecule has 0 amide bonds. The van der Waals surface area contributed by atoms with Crippen molar-refractivity contribution in [2.24, 2.45) is 0 Å². The Kier molecular flexibility index (Phi) is 6.95. The van der Waals surface area contributed by atoms with Crippen LogP contribution in [0.1, 0.15) is 48.4 Å². The highest BCUT2D eigenvalue weighted by Gasteiger charge is 2.35. The average Bonchev–Trinajstić information content (AvgIpc) is 2.98. The summed E-state index contributed by atoms with van der Waals surface area (Å²) < 4.78 is 16.9. The fourth-order valence-electron chi connectivity index (χ4n) is 5.54. The fraction of sp³-hybridized carbons (Fsp3) is 0.242. The molecule has 0 saturated carbocycles. The van der Waals surface area contributed by atoms with Crippen LogP contribution in [0.4, 0.5) is 5.69 Å². The summed E-state index contributed by atoms with van der Waals surface area (Å²) >= 11 is 0. The van der Waals surface area contributed by atoms with E-state index in [1.165, 1.54) is 7.11 Å². The van der Waals surface area contributed by atoms with Crippen molar-refractivity contribution < 1.29 is 23.8 Å². The number of esters is 1. The maximum Gasteiger partial charge on any atom is 0.314 e. The number of Topliss-reactive ketones (excluding diaryl/α,β-unsaturated/α-hetero) is 1. The summed E-state index contributed by atoms with van der Waals surface area (Å²) in [5.41, 5.74) is 6.81. The van der Waals surface area contributed by atoms with Gasteiger partial charge >= 0.3 is 5.97 Å². The Morgan fingerprint density at radius 1 is 1.02 bits per heavy atom. The Morgan fingerprint density at radius 2 is 1.88 bits per heavy atom. The molecule has 2 aliphatic rings. The lowest BCUT2D eigenvalue weighted by Gasteiger charge is -2.35. The average molecular weight is 535 g/mol. The summed E-state index contributed by atoms with van der Waals surface area (Å²) in [6.07, 6.45) is 4.05. The van der Waals surface area contributed by atoms with Gasteiger partial charge in [-0.15, -0.1) is 0 Å². The quantitative estimate of drug-likeness (QED) is 0.211. The van der Waals surface area contributed by atoms with Crippen LogP contribution in [0.5, 0.6) is 17.2 Å². The van der Waals surface area contributed by atoms with Crippen LogP contribution in [0, 0.1) is 6.92 Å². The number of allylic oxidation sites excluding steroid dienone is 1. The number of pyridine rings is 1. The van der Waals surface area contributed by atoms with E-state index in [-0.39, 0.29) is 24.9 Å². The van der Waals surface area contributed by atoms with Gasteiger partial charge in [0.2, 0.25) is 0 Å². The van der Waals surface area contributed by atoms with Crippen molar-refractivity contribution in [3.63, 3.8) is 0 Å². The minimum absolute atomic E-state index is 0.0906. The van der Waals surface area contributed by atoms with Gasteiger partial charge in [0.15, 0.2) is 17.3 Å². The number of carbonyl (C=O) groups excluding carboxylic acids is 2. The molecule has 2 heterocycles. The molecule has 1 aromatic heterocycles. The highest BCUT2D eigenvalue weighted by atomic mass is 16.6. The van der Waals surface area contributed by atoms with E-state index in [4.69, 9.17) is 14.2 Å². The molecule has 202 valence electrons. The lowest BCUT2D eigenvalue weighted by Crippen LogP contribution is -2.27. The van der Waals surface area contributed by atoms with Gasteiger partial charge in [0.1, 0.15) is 5.75 Å². The first-order valence-electron chi connectivity index (χ1n) is 13.5. The van der Waals surface area contributed by atoms with Crippen LogP contribution in [-0.4, -0.2) is 30.5 Å². The maximum atomic E-state index is 13.3.